The zero-order valence-electron chi connectivity index (χ0n) is 23.4. The van der Waals surface area contributed by atoms with E-state index in [2.05, 4.69) is 5.32 Å². The number of carbonyl (C=O) groups is 2. The van der Waals surface area contributed by atoms with Crippen LogP contribution in [0.2, 0.25) is 5.02 Å². The Bertz CT molecular complexity index is 1430. The van der Waals surface area contributed by atoms with Crippen molar-refractivity contribution in [1.82, 2.24) is 10.2 Å². The largest absolute Gasteiger partial charge is 0.495 e. The van der Waals surface area contributed by atoms with E-state index in [-0.39, 0.29) is 34.8 Å². The highest BCUT2D eigenvalue weighted by atomic mass is 35.5. The van der Waals surface area contributed by atoms with Crippen LogP contribution in [0, 0.1) is 6.92 Å². The van der Waals surface area contributed by atoms with Gasteiger partial charge in [-0.3, -0.25) is 13.9 Å². The Labute approximate surface area is 241 Å². The number of ether oxygens (including phenoxy) is 1. The molecule has 3 aromatic carbocycles. The molecule has 0 aliphatic heterocycles. The first-order chi connectivity index (χ1) is 19.0. The third kappa shape index (κ3) is 7.34. The number of carbonyl (C=O) groups excluding carboxylic acids is 2. The Morgan fingerprint density at radius 3 is 2.23 bits per heavy atom. The maximum Gasteiger partial charge on any atom is 0.264 e. The van der Waals surface area contributed by atoms with Crippen molar-refractivity contribution >= 4 is 39.1 Å². The first-order valence-corrected chi connectivity index (χ1v) is 14.9. The summed E-state index contributed by atoms with van der Waals surface area (Å²) in [4.78, 5) is 28.6. The number of nitrogens with zero attached hydrogens (tertiary/aromatic N) is 2. The van der Waals surface area contributed by atoms with Gasteiger partial charge in [0.05, 0.1) is 17.7 Å². The molecule has 1 N–H and O–H groups in total. The molecular formula is C30H36ClN3O5S. The lowest BCUT2D eigenvalue weighted by Gasteiger charge is -2.33. The lowest BCUT2D eigenvalue weighted by atomic mass is 10.1. The van der Waals surface area contributed by atoms with Crippen LogP contribution in [-0.2, 0) is 26.2 Å². The van der Waals surface area contributed by atoms with Crippen LogP contribution in [0.3, 0.4) is 0 Å². The highest BCUT2D eigenvalue weighted by molar-refractivity contribution is 7.92. The molecule has 214 valence electrons. The molecule has 0 saturated heterocycles. The number of anilines is 1. The second-order valence-electron chi connectivity index (χ2n) is 9.60. The molecule has 0 aromatic heterocycles. The van der Waals surface area contributed by atoms with E-state index in [9.17, 15) is 18.0 Å². The van der Waals surface area contributed by atoms with Gasteiger partial charge in [0.2, 0.25) is 11.8 Å². The quantitative estimate of drug-likeness (QED) is 0.316. The molecule has 40 heavy (non-hydrogen) atoms. The molecule has 8 nitrogen and oxygen atoms in total. The van der Waals surface area contributed by atoms with Gasteiger partial charge in [0.25, 0.3) is 10.0 Å². The van der Waals surface area contributed by atoms with Crippen molar-refractivity contribution in [2.24, 2.45) is 0 Å². The third-order valence-corrected chi connectivity index (χ3v) is 8.85. The van der Waals surface area contributed by atoms with Crippen LogP contribution in [0.25, 0.3) is 0 Å². The van der Waals surface area contributed by atoms with Gasteiger partial charge < -0.3 is 15.0 Å². The topological polar surface area (TPSA) is 96.0 Å². The van der Waals surface area contributed by atoms with Crippen molar-refractivity contribution in [3.8, 4) is 5.75 Å². The van der Waals surface area contributed by atoms with E-state index in [1.54, 1.807) is 67.6 Å². The van der Waals surface area contributed by atoms with Crippen LogP contribution in [-0.4, -0.2) is 50.9 Å². The van der Waals surface area contributed by atoms with Crippen molar-refractivity contribution in [1.29, 1.82) is 0 Å². The number of hydrogen-bond donors (Lipinski definition) is 1. The van der Waals surface area contributed by atoms with Gasteiger partial charge in [-0.15, -0.1) is 0 Å². The number of rotatable bonds is 12. The summed E-state index contributed by atoms with van der Waals surface area (Å²) in [6.45, 7) is 6.75. The van der Waals surface area contributed by atoms with E-state index in [0.717, 1.165) is 9.87 Å². The first kappa shape index (κ1) is 31.0. The van der Waals surface area contributed by atoms with Gasteiger partial charge in [-0.2, -0.15) is 0 Å². The van der Waals surface area contributed by atoms with Crippen LogP contribution < -0.4 is 14.4 Å². The number of halogens is 1. The monoisotopic (exact) mass is 585 g/mol. The standard InChI is InChI=1S/C30H36ClN3O5S/c1-6-22(3)32-30(36)23(4)33(19-24-11-7-8-12-26(24)31)29(35)20-34(27-13-9-10-14-28(27)39-5)40(37,38)25-17-15-21(2)16-18-25/h7-18,22-23H,6,19-20H2,1-5H3,(H,32,36)/t22-,23-/m0/s1. The van der Waals surface area contributed by atoms with Gasteiger partial charge in [-0.05, 0) is 63.1 Å². The highest BCUT2D eigenvalue weighted by Gasteiger charge is 2.34. The molecule has 0 saturated carbocycles. The molecule has 0 unspecified atom stereocenters. The van der Waals surface area contributed by atoms with Crippen molar-refractivity contribution in [2.75, 3.05) is 18.0 Å². The van der Waals surface area contributed by atoms with Gasteiger partial charge in [0.1, 0.15) is 18.3 Å². The van der Waals surface area contributed by atoms with Crippen LogP contribution in [0.4, 0.5) is 5.69 Å². The maximum absolute atomic E-state index is 14.0. The number of aryl methyl sites for hydroxylation is 1. The predicted molar refractivity (Wildman–Crippen MR) is 158 cm³/mol. The van der Waals surface area contributed by atoms with Gasteiger partial charge in [-0.25, -0.2) is 8.42 Å². The number of benzene rings is 3. The van der Waals surface area contributed by atoms with Crippen molar-refractivity contribution < 1.29 is 22.7 Å². The maximum atomic E-state index is 14.0. The average molecular weight is 586 g/mol. The number of amides is 2. The van der Waals surface area contributed by atoms with Crippen molar-refractivity contribution in [3.05, 3.63) is 88.9 Å². The fourth-order valence-corrected chi connectivity index (χ4v) is 5.67. The van der Waals surface area contributed by atoms with E-state index in [4.69, 9.17) is 16.3 Å². The number of methoxy groups -OCH3 is 1. The molecule has 3 rings (SSSR count). The molecule has 2 amide bonds. The Hall–Kier alpha value is -3.56. The minimum absolute atomic E-state index is 0.0118. The number of sulfonamides is 1. The number of hydrogen-bond acceptors (Lipinski definition) is 5. The summed E-state index contributed by atoms with van der Waals surface area (Å²) >= 11 is 6.41. The summed E-state index contributed by atoms with van der Waals surface area (Å²) in [6, 6.07) is 19.0. The first-order valence-electron chi connectivity index (χ1n) is 13.0. The molecule has 0 aliphatic carbocycles. The van der Waals surface area contributed by atoms with Gasteiger partial charge in [-0.1, -0.05) is 66.6 Å². The molecule has 0 spiro atoms. The minimum Gasteiger partial charge on any atom is -0.495 e. The van der Waals surface area contributed by atoms with Crippen LogP contribution >= 0.6 is 11.6 Å². The smallest absolute Gasteiger partial charge is 0.264 e. The second kappa shape index (κ2) is 13.7. The molecular weight excluding hydrogens is 550 g/mol. The van der Waals surface area contributed by atoms with E-state index >= 15 is 0 Å². The predicted octanol–water partition coefficient (Wildman–Crippen LogP) is 5.18. The summed E-state index contributed by atoms with van der Waals surface area (Å²) in [5.41, 5.74) is 1.73. The van der Waals surface area contributed by atoms with E-state index < -0.39 is 28.5 Å². The Morgan fingerprint density at radius 1 is 0.975 bits per heavy atom. The minimum atomic E-state index is -4.20. The SMILES string of the molecule is CC[C@H](C)NC(=O)[C@H](C)N(Cc1ccccc1Cl)C(=O)CN(c1ccccc1OC)S(=O)(=O)c1ccc(C)cc1. The van der Waals surface area contributed by atoms with Crippen LogP contribution in [0.5, 0.6) is 5.75 Å². The lowest BCUT2D eigenvalue weighted by molar-refractivity contribution is -0.139. The Kier molecular flexibility index (Phi) is 10.6. The molecule has 0 radical (unpaired) electrons. The summed E-state index contributed by atoms with van der Waals surface area (Å²) in [5.74, 6) is -0.639. The fourth-order valence-electron chi connectivity index (χ4n) is 4.04. The van der Waals surface area contributed by atoms with Gasteiger partial charge in [0, 0.05) is 17.6 Å². The molecule has 10 heteroatoms. The zero-order valence-corrected chi connectivity index (χ0v) is 25.0. The number of para-hydroxylation sites is 2. The van der Waals surface area contributed by atoms with Crippen molar-refractivity contribution in [2.45, 2.75) is 57.6 Å². The molecule has 2 atom stereocenters. The summed E-state index contributed by atoms with van der Waals surface area (Å²) in [5, 5.41) is 3.35. The average Bonchev–Trinajstić information content (AvgIpc) is 2.95. The third-order valence-electron chi connectivity index (χ3n) is 6.71. The lowest BCUT2D eigenvalue weighted by Crippen LogP contribution is -2.52. The molecule has 0 bridgehead atoms. The Balaban J connectivity index is 2.07. The van der Waals surface area contributed by atoms with E-state index in [0.29, 0.717) is 17.0 Å². The summed E-state index contributed by atoms with van der Waals surface area (Å²) in [7, 11) is -2.77. The zero-order chi connectivity index (χ0) is 29.4. The number of nitrogens with one attached hydrogen (secondary N) is 1. The summed E-state index contributed by atoms with van der Waals surface area (Å²) < 4.78 is 34.4. The summed E-state index contributed by atoms with van der Waals surface area (Å²) in [6.07, 6.45) is 0.716. The molecule has 3 aromatic rings. The second-order valence-corrected chi connectivity index (χ2v) is 11.9. The molecule has 0 fully saturated rings. The van der Waals surface area contributed by atoms with E-state index in [1.165, 1.54) is 24.1 Å². The van der Waals surface area contributed by atoms with Gasteiger partial charge in [0.15, 0.2) is 0 Å². The normalized spacial score (nSPS) is 12.8. The van der Waals surface area contributed by atoms with Gasteiger partial charge >= 0.3 is 0 Å². The fraction of sp³-hybridized carbons (Fsp3) is 0.333. The molecule has 0 aliphatic rings. The van der Waals surface area contributed by atoms with Crippen LogP contribution in [0.15, 0.2) is 77.7 Å². The van der Waals surface area contributed by atoms with Crippen LogP contribution in [0.1, 0.15) is 38.3 Å². The van der Waals surface area contributed by atoms with E-state index in [1.807, 2.05) is 20.8 Å². The van der Waals surface area contributed by atoms with Crippen molar-refractivity contribution in [3.63, 3.8) is 0 Å². The Morgan fingerprint density at radius 2 is 1.60 bits per heavy atom. The highest BCUT2D eigenvalue weighted by Crippen LogP contribution is 2.32. The molecule has 0 heterocycles.